The molecular formula is C16H20ClNO3. The summed E-state index contributed by atoms with van der Waals surface area (Å²) in [7, 11) is 0. The van der Waals surface area contributed by atoms with Gasteiger partial charge in [0.25, 0.3) is 0 Å². The molecule has 2 rings (SSSR count). The van der Waals surface area contributed by atoms with Gasteiger partial charge in [-0.05, 0) is 50.8 Å². The Morgan fingerprint density at radius 1 is 1.29 bits per heavy atom. The number of ether oxygens (including phenoxy) is 1. The van der Waals surface area contributed by atoms with Gasteiger partial charge in [0.15, 0.2) is 0 Å². The highest BCUT2D eigenvalue weighted by molar-refractivity contribution is 6.30. The molecule has 0 N–H and O–H groups in total. The maximum absolute atomic E-state index is 12.2. The van der Waals surface area contributed by atoms with Crippen molar-refractivity contribution in [1.29, 1.82) is 0 Å². The molecule has 1 fully saturated rings. The molecule has 1 unspecified atom stereocenters. The molecule has 1 aromatic rings. The van der Waals surface area contributed by atoms with Crippen molar-refractivity contribution in [3.8, 4) is 0 Å². The Hall–Kier alpha value is -1.55. The van der Waals surface area contributed by atoms with Crippen LogP contribution in [0.3, 0.4) is 0 Å². The summed E-state index contributed by atoms with van der Waals surface area (Å²) in [6.07, 6.45) is 0.509. The molecule has 1 saturated heterocycles. The molecule has 0 bridgehead atoms. The molecule has 1 heterocycles. The van der Waals surface area contributed by atoms with Gasteiger partial charge in [0.2, 0.25) is 5.91 Å². The van der Waals surface area contributed by atoms with E-state index in [1.165, 1.54) is 4.90 Å². The zero-order valence-corrected chi connectivity index (χ0v) is 13.3. The average molecular weight is 310 g/mol. The monoisotopic (exact) mass is 309 g/mol. The normalized spacial score (nSPS) is 19.5. The van der Waals surface area contributed by atoms with Crippen LogP contribution >= 0.6 is 11.6 Å². The Morgan fingerprint density at radius 2 is 1.90 bits per heavy atom. The number of benzene rings is 1. The fourth-order valence-corrected chi connectivity index (χ4v) is 2.49. The number of halogens is 1. The van der Waals surface area contributed by atoms with Crippen LogP contribution in [-0.2, 0) is 9.53 Å². The first-order valence-electron chi connectivity index (χ1n) is 7.05. The van der Waals surface area contributed by atoms with Gasteiger partial charge < -0.3 is 4.74 Å². The van der Waals surface area contributed by atoms with Crippen molar-refractivity contribution >= 4 is 23.6 Å². The number of hydrogen-bond acceptors (Lipinski definition) is 3. The van der Waals surface area contributed by atoms with Crippen LogP contribution in [0.5, 0.6) is 0 Å². The van der Waals surface area contributed by atoms with E-state index in [9.17, 15) is 9.59 Å². The number of likely N-dealkylation sites (tertiary alicyclic amines) is 1. The number of amides is 2. The first kappa shape index (κ1) is 15.8. The molecule has 4 nitrogen and oxygen atoms in total. The number of hydrogen-bond donors (Lipinski definition) is 0. The molecular weight excluding hydrogens is 290 g/mol. The standard InChI is InChI=1S/C16H20ClNO3/c1-16(2,3)21-15(20)18-9-8-12(10-14(18)19)11-4-6-13(17)7-5-11/h4-7,12H,8-10H2,1-3H3. The van der Waals surface area contributed by atoms with E-state index < -0.39 is 11.7 Å². The van der Waals surface area contributed by atoms with E-state index in [4.69, 9.17) is 16.3 Å². The summed E-state index contributed by atoms with van der Waals surface area (Å²) in [5.74, 6) is -0.0519. The van der Waals surface area contributed by atoms with Crippen molar-refractivity contribution in [2.45, 2.75) is 45.1 Å². The Morgan fingerprint density at radius 3 is 2.43 bits per heavy atom. The molecule has 2 amide bonds. The van der Waals surface area contributed by atoms with Gasteiger partial charge in [0.1, 0.15) is 5.60 Å². The van der Waals surface area contributed by atoms with Gasteiger partial charge in [0.05, 0.1) is 0 Å². The summed E-state index contributed by atoms with van der Waals surface area (Å²) in [4.78, 5) is 25.4. The summed E-state index contributed by atoms with van der Waals surface area (Å²) >= 11 is 5.87. The third-order valence-electron chi connectivity index (χ3n) is 3.38. The van der Waals surface area contributed by atoms with Crippen molar-refractivity contribution < 1.29 is 14.3 Å². The van der Waals surface area contributed by atoms with E-state index in [1.807, 2.05) is 24.3 Å². The molecule has 21 heavy (non-hydrogen) atoms. The van der Waals surface area contributed by atoms with E-state index in [1.54, 1.807) is 20.8 Å². The molecule has 0 spiro atoms. The van der Waals surface area contributed by atoms with Crippen molar-refractivity contribution in [2.75, 3.05) is 6.54 Å². The van der Waals surface area contributed by atoms with E-state index in [-0.39, 0.29) is 11.8 Å². The summed E-state index contributed by atoms with van der Waals surface area (Å²) in [5, 5.41) is 0.677. The van der Waals surface area contributed by atoms with Crippen LogP contribution in [0.4, 0.5) is 4.79 Å². The molecule has 114 valence electrons. The number of nitrogens with zero attached hydrogens (tertiary/aromatic N) is 1. The van der Waals surface area contributed by atoms with Crippen LogP contribution < -0.4 is 0 Å². The summed E-state index contributed by atoms with van der Waals surface area (Å²) in [5.41, 5.74) is 0.487. The van der Waals surface area contributed by atoms with Crippen LogP contribution in [0.1, 0.15) is 45.1 Å². The maximum Gasteiger partial charge on any atom is 0.417 e. The highest BCUT2D eigenvalue weighted by Gasteiger charge is 2.33. The molecule has 5 heteroatoms. The molecule has 0 aromatic heterocycles. The fraction of sp³-hybridized carbons (Fsp3) is 0.500. The molecule has 0 aliphatic carbocycles. The molecule has 1 atom stereocenters. The number of imide groups is 1. The minimum Gasteiger partial charge on any atom is -0.443 e. The van der Waals surface area contributed by atoms with Gasteiger partial charge in [0, 0.05) is 18.0 Å². The number of carbonyl (C=O) groups is 2. The second kappa shape index (κ2) is 6.06. The second-order valence-corrected chi connectivity index (χ2v) is 6.70. The third kappa shape index (κ3) is 4.21. The Bertz CT molecular complexity index is 533. The van der Waals surface area contributed by atoms with Crippen molar-refractivity contribution in [3.63, 3.8) is 0 Å². The summed E-state index contributed by atoms with van der Waals surface area (Å²) in [6.45, 7) is 5.75. The van der Waals surface area contributed by atoms with Crippen LogP contribution in [0, 0.1) is 0 Å². The van der Waals surface area contributed by atoms with E-state index in [0.29, 0.717) is 18.0 Å². The van der Waals surface area contributed by atoms with Crippen molar-refractivity contribution in [3.05, 3.63) is 34.9 Å². The first-order valence-corrected chi connectivity index (χ1v) is 7.43. The second-order valence-electron chi connectivity index (χ2n) is 6.27. The molecule has 1 aromatic carbocycles. The van der Waals surface area contributed by atoms with Crippen molar-refractivity contribution in [1.82, 2.24) is 4.90 Å². The Labute approximate surface area is 130 Å². The predicted octanol–water partition coefficient (Wildman–Crippen LogP) is 3.98. The number of piperidine rings is 1. The topological polar surface area (TPSA) is 46.6 Å². The highest BCUT2D eigenvalue weighted by atomic mass is 35.5. The van der Waals surface area contributed by atoms with Gasteiger partial charge in [-0.1, -0.05) is 23.7 Å². The van der Waals surface area contributed by atoms with Gasteiger partial charge in [-0.15, -0.1) is 0 Å². The van der Waals surface area contributed by atoms with Gasteiger partial charge in [-0.3, -0.25) is 4.79 Å². The van der Waals surface area contributed by atoms with Crippen LogP contribution in [0.15, 0.2) is 24.3 Å². The van der Waals surface area contributed by atoms with Gasteiger partial charge in [-0.25, -0.2) is 9.69 Å². The zero-order chi connectivity index (χ0) is 15.6. The largest absolute Gasteiger partial charge is 0.443 e. The summed E-state index contributed by atoms with van der Waals surface area (Å²) in [6, 6.07) is 7.51. The molecule has 1 aliphatic rings. The summed E-state index contributed by atoms with van der Waals surface area (Å²) < 4.78 is 5.25. The molecule has 0 radical (unpaired) electrons. The lowest BCUT2D eigenvalue weighted by molar-refractivity contribution is -0.132. The van der Waals surface area contributed by atoms with E-state index in [2.05, 4.69) is 0 Å². The number of carbonyl (C=O) groups excluding carboxylic acids is 2. The number of rotatable bonds is 1. The van der Waals surface area contributed by atoms with Crippen molar-refractivity contribution in [2.24, 2.45) is 0 Å². The minimum atomic E-state index is -0.593. The lowest BCUT2D eigenvalue weighted by Gasteiger charge is -2.32. The van der Waals surface area contributed by atoms with Gasteiger partial charge in [-0.2, -0.15) is 0 Å². The lowest BCUT2D eigenvalue weighted by atomic mass is 9.89. The van der Waals surface area contributed by atoms with Crippen LogP contribution in [-0.4, -0.2) is 29.0 Å². The van der Waals surface area contributed by atoms with Crippen LogP contribution in [0.2, 0.25) is 5.02 Å². The quantitative estimate of drug-likeness (QED) is 0.788. The smallest absolute Gasteiger partial charge is 0.417 e. The minimum absolute atomic E-state index is 0.133. The van der Waals surface area contributed by atoms with E-state index >= 15 is 0 Å². The first-order chi connectivity index (χ1) is 9.76. The SMILES string of the molecule is CC(C)(C)OC(=O)N1CCC(c2ccc(Cl)cc2)CC1=O. The molecule has 0 saturated carbocycles. The fourth-order valence-electron chi connectivity index (χ4n) is 2.36. The highest BCUT2D eigenvalue weighted by Crippen LogP contribution is 2.30. The Kier molecular flexibility index (Phi) is 4.57. The average Bonchev–Trinajstić information content (AvgIpc) is 2.37. The van der Waals surface area contributed by atoms with Gasteiger partial charge >= 0.3 is 6.09 Å². The van der Waals surface area contributed by atoms with Crippen LogP contribution in [0.25, 0.3) is 0 Å². The molecule has 1 aliphatic heterocycles. The lowest BCUT2D eigenvalue weighted by Crippen LogP contribution is -2.44. The zero-order valence-electron chi connectivity index (χ0n) is 12.6. The Balaban J connectivity index is 2.00. The third-order valence-corrected chi connectivity index (χ3v) is 3.63. The maximum atomic E-state index is 12.2. The predicted molar refractivity (Wildman–Crippen MR) is 81.4 cm³/mol. The van der Waals surface area contributed by atoms with E-state index in [0.717, 1.165) is 12.0 Å².